The predicted molar refractivity (Wildman–Crippen MR) is 125 cm³/mol. The molecule has 30 heavy (non-hydrogen) atoms. The van der Waals surface area contributed by atoms with E-state index in [2.05, 4.69) is 0 Å². The van der Waals surface area contributed by atoms with Gasteiger partial charge in [0.25, 0.3) is 0 Å². The van der Waals surface area contributed by atoms with E-state index in [0.717, 1.165) is 7.14 Å². The summed E-state index contributed by atoms with van der Waals surface area (Å²) in [5.41, 5.74) is 0. The first-order valence-corrected chi connectivity index (χ1v) is 14.4. The molecule has 0 bridgehead atoms. The first-order chi connectivity index (χ1) is 14.5. The molecule has 11 heteroatoms. The summed E-state index contributed by atoms with van der Waals surface area (Å²) >= 11 is -5.57. The third kappa shape index (κ3) is 5.69. The van der Waals surface area contributed by atoms with Crippen LogP contribution in [0.25, 0.3) is 0 Å². The summed E-state index contributed by atoms with van der Waals surface area (Å²) in [7, 11) is 1.54. The van der Waals surface area contributed by atoms with Crippen molar-refractivity contribution in [2.75, 3.05) is 7.11 Å². The van der Waals surface area contributed by atoms with Gasteiger partial charge < -0.3 is 0 Å². The molecular formula is C19H16I2N2O7. The minimum atomic E-state index is -2.82. The van der Waals surface area contributed by atoms with Crippen molar-refractivity contribution < 1.29 is 21.2 Å². The van der Waals surface area contributed by atoms with E-state index in [-0.39, 0.29) is 0 Å². The Morgan fingerprint density at radius 3 is 1.37 bits per heavy atom. The average molecular weight is 638 g/mol. The number of benzene rings is 3. The fraction of sp³-hybridized carbons (Fsp3) is 0.0526. The van der Waals surface area contributed by atoms with Gasteiger partial charge in [0.1, 0.15) is 0 Å². The third-order valence-electron chi connectivity index (χ3n) is 3.63. The quantitative estimate of drug-likeness (QED) is 0.184. The predicted octanol–water partition coefficient (Wildman–Crippen LogP) is 5.03. The second kappa shape index (κ2) is 10.4. The van der Waals surface area contributed by atoms with Crippen molar-refractivity contribution in [2.45, 2.75) is 0 Å². The second-order valence-electron chi connectivity index (χ2n) is 5.47. The molecule has 3 rings (SSSR count). The zero-order chi connectivity index (χ0) is 21.5. The average Bonchev–Trinajstić information content (AvgIpc) is 2.76. The summed E-state index contributed by atoms with van der Waals surface area (Å²) in [4.78, 5) is 22.1. The van der Waals surface area contributed by atoms with Crippen LogP contribution >= 0.6 is 40.5 Å². The van der Waals surface area contributed by atoms with Crippen LogP contribution in [0.15, 0.2) is 78.9 Å². The van der Waals surface area contributed by atoms with Gasteiger partial charge in [0.05, 0.1) is 0 Å². The van der Waals surface area contributed by atoms with Crippen molar-refractivity contribution in [1.82, 2.24) is 0 Å². The topological polar surface area (TPSA) is 114 Å². The number of methoxy groups -OCH3 is 1. The van der Waals surface area contributed by atoms with E-state index in [1.54, 1.807) is 72.8 Å². The fourth-order valence-corrected chi connectivity index (χ4v) is 9.49. The molecule has 0 aliphatic rings. The van der Waals surface area contributed by atoms with E-state index < -0.39 is 50.6 Å². The molecule has 0 saturated heterocycles. The Morgan fingerprint density at radius 1 is 0.633 bits per heavy atom. The Bertz CT molecular complexity index is 1000. The van der Waals surface area contributed by atoms with Crippen molar-refractivity contribution in [3.8, 4) is 5.75 Å². The van der Waals surface area contributed by atoms with Crippen molar-refractivity contribution >= 4 is 40.5 Å². The van der Waals surface area contributed by atoms with Gasteiger partial charge in [-0.05, 0) is 0 Å². The van der Waals surface area contributed by atoms with Crippen molar-refractivity contribution in [1.29, 1.82) is 0 Å². The summed E-state index contributed by atoms with van der Waals surface area (Å²) in [6.45, 7) is 0. The monoisotopic (exact) mass is 638 g/mol. The Balaban J connectivity index is 1.93. The van der Waals surface area contributed by atoms with Gasteiger partial charge in [-0.3, -0.25) is 0 Å². The number of hydrogen-bond acceptors (Lipinski definition) is 7. The van der Waals surface area contributed by atoms with Crippen LogP contribution in [0.3, 0.4) is 0 Å². The van der Waals surface area contributed by atoms with Crippen LogP contribution in [-0.2, 0) is 6.33 Å². The molecule has 3 aromatic carbocycles. The van der Waals surface area contributed by atoms with Crippen LogP contribution in [0.4, 0.5) is 0 Å². The van der Waals surface area contributed by atoms with Gasteiger partial charge in [-0.2, -0.15) is 0 Å². The van der Waals surface area contributed by atoms with E-state index >= 15 is 0 Å². The van der Waals surface area contributed by atoms with Gasteiger partial charge in [-0.1, -0.05) is 0 Å². The molecule has 0 aliphatic carbocycles. The summed E-state index contributed by atoms with van der Waals surface area (Å²) in [6.07, 6.45) is 0. The zero-order valence-electron chi connectivity index (χ0n) is 15.5. The third-order valence-corrected chi connectivity index (χ3v) is 12.5. The van der Waals surface area contributed by atoms with Crippen LogP contribution in [0.5, 0.6) is 5.75 Å². The first kappa shape index (κ1) is 22.0. The molecule has 158 valence electrons. The summed E-state index contributed by atoms with van der Waals surface area (Å²) in [5, 5.41) is 20.5. The van der Waals surface area contributed by atoms with Crippen molar-refractivity contribution in [3.05, 3.63) is 113 Å². The van der Waals surface area contributed by atoms with Crippen LogP contribution in [-0.4, -0.2) is 17.3 Å². The fourth-order valence-electron chi connectivity index (χ4n) is 2.40. The molecule has 0 N–H and O–H groups in total. The van der Waals surface area contributed by atoms with Gasteiger partial charge in [-0.25, -0.2) is 0 Å². The number of rotatable bonds is 9. The normalized spacial score (nSPS) is 11.2. The zero-order valence-corrected chi connectivity index (χ0v) is 19.8. The van der Waals surface area contributed by atoms with Crippen LogP contribution in [0.2, 0.25) is 0 Å². The van der Waals surface area contributed by atoms with Crippen LogP contribution in [0, 0.1) is 34.5 Å². The Hall–Kier alpha value is -2.68. The number of hydrogen-bond donors (Lipinski definition) is 0. The van der Waals surface area contributed by atoms with E-state index in [4.69, 9.17) is 11.1 Å². The molecule has 0 fully saturated rings. The minimum absolute atomic E-state index is 0.639. The summed E-state index contributed by atoms with van der Waals surface area (Å²) < 4.78 is 18.1. The van der Waals surface area contributed by atoms with E-state index in [1.807, 2.05) is 6.07 Å². The first-order valence-electron chi connectivity index (χ1n) is 8.33. The SMILES string of the molecule is COc1ccc(I(O[N+](=O)[O-])c2ccc(I(O[N+](=O)[O-])c3ccccc3)cc2)cc1. The molecule has 0 atom stereocenters. The van der Waals surface area contributed by atoms with E-state index in [9.17, 15) is 20.2 Å². The molecule has 3 aromatic rings. The number of nitrogens with zero attached hydrogens (tertiary/aromatic N) is 2. The van der Waals surface area contributed by atoms with Gasteiger partial charge in [-0.15, -0.1) is 0 Å². The Labute approximate surface area is 187 Å². The maximum atomic E-state index is 11.1. The Morgan fingerprint density at radius 2 is 1.00 bits per heavy atom. The maximum absolute atomic E-state index is 11.1. The van der Waals surface area contributed by atoms with Crippen molar-refractivity contribution in [3.63, 3.8) is 0 Å². The Kier molecular flexibility index (Phi) is 7.62. The van der Waals surface area contributed by atoms with E-state index in [0.29, 0.717) is 12.9 Å². The van der Waals surface area contributed by atoms with E-state index in [1.165, 1.54) is 7.11 Å². The van der Waals surface area contributed by atoms with Gasteiger partial charge in [0, 0.05) is 0 Å². The molecule has 0 heterocycles. The molecule has 0 spiro atoms. The van der Waals surface area contributed by atoms with Gasteiger partial charge in [0.15, 0.2) is 0 Å². The molecule has 0 aliphatic heterocycles. The summed E-state index contributed by atoms with van der Waals surface area (Å²) in [5.74, 6) is 0.639. The molecular weight excluding hydrogens is 622 g/mol. The van der Waals surface area contributed by atoms with Gasteiger partial charge >= 0.3 is 188 Å². The van der Waals surface area contributed by atoms with Gasteiger partial charge in [0.2, 0.25) is 0 Å². The molecule has 0 radical (unpaired) electrons. The molecule has 0 aromatic heterocycles. The molecule has 0 unspecified atom stereocenters. The standard InChI is InChI=1S/C19H16I2N2O7/c1-28-19-13-11-18(12-14-19)21(30-23(26)27)17-9-7-16(8-10-17)20(29-22(24)25)15-5-3-2-4-6-15/h2-14H,1H3. The van der Waals surface area contributed by atoms with Crippen LogP contribution in [0.1, 0.15) is 0 Å². The number of halogens is 2. The number of ether oxygens (including phenoxy) is 1. The summed E-state index contributed by atoms with van der Waals surface area (Å²) in [6, 6.07) is 22.9. The molecule has 0 saturated carbocycles. The molecule has 9 nitrogen and oxygen atoms in total. The van der Waals surface area contributed by atoms with Crippen molar-refractivity contribution in [2.24, 2.45) is 0 Å². The van der Waals surface area contributed by atoms with Crippen LogP contribution < -0.4 is 4.74 Å². The molecule has 0 amide bonds. The second-order valence-corrected chi connectivity index (χ2v) is 14.1.